The molecule has 2 aromatic carbocycles. The van der Waals surface area contributed by atoms with E-state index in [0.717, 1.165) is 4.90 Å². The number of benzene rings is 2. The minimum atomic E-state index is -4.40. The molecular formula is C22H21F3N2O3S2. The fourth-order valence-corrected chi connectivity index (χ4v) is 4.73. The van der Waals surface area contributed by atoms with E-state index in [4.69, 9.17) is 4.52 Å². The number of hydrogen-bond donors (Lipinski definition) is 2. The third kappa shape index (κ3) is 4.91. The number of hydrogen-bond acceptors (Lipinski definition) is 6. The molecule has 10 heteroatoms. The first kappa shape index (κ1) is 24.1. The van der Waals surface area contributed by atoms with Crippen molar-refractivity contribution in [2.75, 3.05) is 11.6 Å². The maximum Gasteiger partial charge on any atom is 0.446 e. The van der Waals surface area contributed by atoms with Crippen LogP contribution in [0.15, 0.2) is 38.6 Å². The van der Waals surface area contributed by atoms with Crippen LogP contribution in [0.3, 0.4) is 0 Å². The number of aromatic nitrogens is 1. The van der Waals surface area contributed by atoms with Crippen molar-refractivity contribution in [2.24, 2.45) is 0 Å². The summed E-state index contributed by atoms with van der Waals surface area (Å²) in [5.74, 6) is -0.272. The molecule has 1 amide bonds. The number of thioether (sulfide) groups is 2. The molecule has 2 N–H and O–H groups in total. The van der Waals surface area contributed by atoms with Crippen molar-refractivity contribution in [3.8, 4) is 16.9 Å². The van der Waals surface area contributed by atoms with Crippen LogP contribution >= 0.6 is 23.5 Å². The number of carbonyl (C=O) groups is 1. The Hall–Kier alpha value is -2.59. The Morgan fingerprint density at radius 3 is 2.38 bits per heavy atom. The highest BCUT2D eigenvalue weighted by molar-refractivity contribution is 8.00. The number of alkyl halides is 3. The molecule has 0 unspecified atom stereocenters. The summed E-state index contributed by atoms with van der Waals surface area (Å²) in [6.07, 6.45) is 1.86. The zero-order chi connectivity index (χ0) is 23.8. The van der Waals surface area contributed by atoms with Gasteiger partial charge < -0.3 is 14.9 Å². The number of halogens is 3. The highest BCUT2D eigenvalue weighted by Gasteiger charge is 2.29. The Morgan fingerprint density at radius 2 is 1.84 bits per heavy atom. The van der Waals surface area contributed by atoms with Crippen LogP contribution in [0.25, 0.3) is 11.1 Å². The minimum absolute atomic E-state index is 0.0251. The number of anilines is 1. The van der Waals surface area contributed by atoms with Crippen molar-refractivity contribution in [3.05, 3.63) is 52.4 Å². The third-order valence-electron chi connectivity index (χ3n) is 4.94. The number of phenols is 1. The van der Waals surface area contributed by atoms with Gasteiger partial charge >= 0.3 is 5.51 Å². The number of phenolic OH excluding ortho intramolecular Hbond substituents is 1. The molecule has 3 aromatic rings. The highest BCUT2D eigenvalue weighted by Crippen LogP contribution is 2.42. The monoisotopic (exact) mass is 482 g/mol. The largest absolute Gasteiger partial charge is 0.506 e. The lowest BCUT2D eigenvalue weighted by atomic mass is 9.96. The first-order chi connectivity index (χ1) is 14.9. The lowest BCUT2D eigenvalue weighted by molar-refractivity contribution is -0.0328. The normalized spacial score (nSPS) is 11.6. The quantitative estimate of drug-likeness (QED) is 0.387. The molecule has 0 bridgehead atoms. The predicted octanol–water partition coefficient (Wildman–Crippen LogP) is 6.87. The minimum Gasteiger partial charge on any atom is -0.506 e. The number of aryl methyl sites for hydroxylation is 3. The standard InChI is InChI=1S/C22H21F3N2O3S2/c1-10-8-14(32-22(23,24)25)6-7-16(10)26-21(29)18-11(2)17(31-5)9-15(20(18)28)19-12(3)27-30-13(19)4/h6-9,28H,1-5H3,(H,26,29). The van der Waals surface area contributed by atoms with Crippen molar-refractivity contribution >= 4 is 35.1 Å². The fraction of sp³-hybridized carbons (Fsp3) is 0.273. The molecule has 0 saturated carbocycles. The molecule has 5 nitrogen and oxygen atoms in total. The average molecular weight is 483 g/mol. The third-order valence-corrected chi connectivity index (χ3v) is 6.53. The van der Waals surface area contributed by atoms with E-state index in [0.29, 0.717) is 39.4 Å². The van der Waals surface area contributed by atoms with Gasteiger partial charge in [-0.3, -0.25) is 4.79 Å². The van der Waals surface area contributed by atoms with Crippen molar-refractivity contribution in [1.29, 1.82) is 0 Å². The van der Waals surface area contributed by atoms with Gasteiger partial charge in [-0.2, -0.15) is 13.2 Å². The lowest BCUT2D eigenvalue weighted by Crippen LogP contribution is -2.15. The van der Waals surface area contributed by atoms with Gasteiger partial charge in [0.1, 0.15) is 11.5 Å². The van der Waals surface area contributed by atoms with Gasteiger partial charge in [0.15, 0.2) is 0 Å². The number of aromatic hydroxyl groups is 1. The number of carbonyl (C=O) groups excluding carboxylic acids is 1. The van der Waals surface area contributed by atoms with Crippen molar-refractivity contribution in [1.82, 2.24) is 5.16 Å². The van der Waals surface area contributed by atoms with Gasteiger partial charge in [-0.1, -0.05) is 5.16 Å². The topological polar surface area (TPSA) is 75.4 Å². The Morgan fingerprint density at radius 1 is 1.16 bits per heavy atom. The van der Waals surface area contributed by atoms with Gasteiger partial charge in [-0.15, -0.1) is 11.8 Å². The van der Waals surface area contributed by atoms with Crippen LogP contribution in [0, 0.1) is 27.7 Å². The van der Waals surface area contributed by atoms with Crippen LogP contribution in [0.4, 0.5) is 18.9 Å². The van der Waals surface area contributed by atoms with Crippen molar-refractivity contribution < 1.29 is 27.6 Å². The van der Waals surface area contributed by atoms with Crippen LogP contribution < -0.4 is 5.32 Å². The Balaban J connectivity index is 2.03. The zero-order valence-electron chi connectivity index (χ0n) is 18.0. The molecule has 0 fully saturated rings. The van der Waals surface area contributed by atoms with Gasteiger partial charge in [-0.05, 0) is 81.1 Å². The summed E-state index contributed by atoms with van der Waals surface area (Å²) < 4.78 is 43.1. The van der Waals surface area contributed by atoms with Crippen molar-refractivity contribution in [2.45, 2.75) is 43.0 Å². The Kier molecular flexibility index (Phi) is 6.85. The molecule has 1 aromatic heterocycles. The second kappa shape index (κ2) is 9.11. The Bertz CT molecular complexity index is 1170. The van der Waals surface area contributed by atoms with Crippen LogP contribution in [-0.4, -0.2) is 27.9 Å². The van der Waals surface area contributed by atoms with E-state index in [1.807, 2.05) is 6.26 Å². The SMILES string of the molecule is CSc1cc(-c2c(C)noc2C)c(O)c(C(=O)Nc2ccc(SC(F)(F)F)cc2C)c1C. The van der Waals surface area contributed by atoms with Gasteiger partial charge in [0.05, 0.1) is 16.8 Å². The van der Waals surface area contributed by atoms with Gasteiger partial charge in [0.2, 0.25) is 0 Å². The maximum absolute atomic E-state index is 13.2. The second-order valence-electron chi connectivity index (χ2n) is 7.15. The van der Waals surface area contributed by atoms with E-state index in [2.05, 4.69) is 10.5 Å². The van der Waals surface area contributed by atoms with Crippen LogP contribution in [0.1, 0.15) is 32.9 Å². The lowest BCUT2D eigenvalue weighted by Gasteiger charge is -2.17. The molecule has 1 heterocycles. The summed E-state index contributed by atoms with van der Waals surface area (Å²) in [6.45, 7) is 6.80. The molecule has 0 atom stereocenters. The zero-order valence-corrected chi connectivity index (χ0v) is 19.6. The molecule has 3 rings (SSSR count). The van der Waals surface area contributed by atoms with Crippen molar-refractivity contribution in [3.63, 3.8) is 0 Å². The average Bonchev–Trinajstić information content (AvgIpc) is 3.01. The molecule has 0 aliphatic heterocycles. The van der Waals surface area contributed by atoms with E-state index in [9.17, 15) is 23.1 Å². The number of rotatable bonds is 5. The van der Waals surface area contributed by atoms with Crippen LogP contribution in [0.5, 0.6) is 5.75 Å². The van der Waals surface area contributed by atoms with Crippen LogP contribution in [0.2, 0.25) is 0 Å². The molecule has 32 heavy (non-hydrogen) atoms. The molecule has 0 radical (unpaired) electrons. The Labute approximate surface area is 191 Å². The van der Waals surface area contributed by atoms with E-state index in [1.54, 1.807) is 33.8 Å². The van der Waals surface area contributed by atoms with Gasteiger partial charge in [-0.25, -0.2) is 0 Å². The smallest absolute Gasteiger partial charge is 0.446 e. The number of amides is 1. The number of nitrogens with zero attached hydrogens (tertiary/aromatic N) is 1. The summed E-state index contributed by atoms with van der Waals surface area (Å²) >= 11 is 1.21. The van der Waals surface area contributed by atoms with E-state index >= 15 is 0 Å². The summed E-state index contributed by atoms with van der Waals surface area (Å²) in [5.41, 5.74) is -1.29. The first-order valence-electron chi connectivity index (χ1n) is 9.44. The predicted molar refractivity (Wildman–Crippen MR) is 121 cm³/mol. The molecular weight excluding hydrogens is 461 g/mol. The van der Waals surface area contributed by atoms with Gasteiger partial charge in [0, 0.05) is 21.0 Å². The summed E-state index contributed by atoms with van der Waals surface area (Å²) in [7, 11) is 0. The maximum atomic E-state index is 13.2. The molecule has 170 valence electrons. The summed E-state index contributed by atoms with van der Waals surface area (Å²) in [4.78, 5) is 14.0. The second-order valence-corrected chi connectivity index (χ2v) is 9.14. The molecule has 0 spiro atoms. The van der Waals surface area contributed by atoms with Gasteiger partial charge in [0.25, 0.3) is 5.91 Å². The van der Waals surface area contributed by atoms with E-state index in [1.165, 1.54) is 30.0 Å². The molecule has 0 aliphatic carbocycles. The fourth-order valence-electron chi connectivity index (χ4n) is 3.45. The van der Waals surface area contributed by atoms with Crippen LogP contribution in [-0.2, 0) is 0 Å². The highest BCUT2D eigenvalue weighted by atomic mass is 32.2. The first-order valence-corrected chi connectivity index (χ1v) is 11.5. The summed E-state index contributed by atoms with van der Waals surface area (Å²) in [5, 5.41) is 17.7. The molecule has 0 aliphatic rings. The number of nitrogens with one attached hydrogen (secondary N) is 1. The summed E-state index contributed by atoms with van der Waals surface area (Å²) in [6, 6.07) is 5.85. The van der Waals surface area contributed by atoms with E-state index < -0.39 is 11.4 Å². The van der Waals surface area contributed by atoms with E-state index in [-0.39, 0.29) is 28.0 Å². The molecule has 0 saturated heterocycles.